The second-order valence-corrected chi connectivity index (χ2v) is 8.13. The minimum atomic E-state index is -2.90. The summed E-state index contributed by atoms with van der Waals surface area (Å²) in [6.07, 6.45) is -0.396. The van der Waals surface area contributed by atoms with Crippen molar-refractivity contribution in [1.29, 1.82) is 0 Å². The van der Waals surface area contributed by atoms with Crippen molar-refractivity contribution < 1.29 is 23.4 Å². The normalized spacial score (nSPS) is 20.4. The van der Waals surface area contributed by atoms with Crippen molar-refractivity contribution in [3.8, 4) is 22.1 Å². The molecule has 1 atom stereocenters. The first kappa shape index (κ1) is 17.4. The van der Waals surface area contributed by atoms with Crippen LogP contribution in [0, 0.1) is 5.92 Å². The number of thiazole rings is 1. The Morgan fingerprint density at radius 3 is 2.86 bits per heavy atom. The fourth-order valence-electron chi connectivity index (χ4n) is 3.51. The molecule has 28 heavy (non-hydrogen) atoms. The summed E-state index contributed by atoms with van der Waals surface area (Å²) >= 11 is 1.49. The molecule has 2 aromatic carbocycles. The van der Waals surface area contributed by atoms with Crippen molar-refractivity contribution >= 4 is 27.5 Å². The number of aromatic nitrogens is 1. The van der Waals surface area contributed by atoms with Gasteiger partial charge in [0.15, 0.2) is 11.5 Å². The van der Waals surface area contributed by atoms with Crippen molar-refractivity contribution in [3.05, 3.63) is 42.0 Å². The van der Waals surface area contributed by atoms with E-state index in [9.17, 15) is 18.7 Å². The van der Waals surface area contributed by atoms with E-state index in [0.717, 1.165) is 15.2 Å². The van der Waals surface area contributed by atoms with Crippen molar-refractivity contribution in [1.82, 2.24) is 9.88 Å². The Bertz CT molecular complexity index is 1070. The second-order valence-electron chi connectivity index (χ2n) is 7.10. The van der Waals surface area contributed by atoms with Crippen molar-refractivity contribution in [2.45, 2.75) is 18.9 Å². The molecule has 1 aromatic heterocycles. The fraction of sp³-hybridized carbons (Fsp3) is 0.300. The standard InChI is InChI=1S/C20H16F2N2O3S/c21-20(22)9-13(20)19(26)24-5-6-27-17-12(10-24)7-11(8-15(17)25)18-23-14-3-1-2-4-16(14)28-18/h1-4,7-8,13,25H,5-6,9-10H2. The molecule has 5 rings (SSSR count). The minimum absolute atomic E-state index is 0.0437. The van der Waals surface area contributed by atoms with Gasteiger partial charge in [-0.3, -0.25) is 4.79 Å². The lowest BCUT2D eigenvalue weighted by Crippen LogP contribution is -2.34. The number of alkyl halides is 2. The molecule has 8 heteroatoms. The van der Waals surface area contributed by atoms with Gasteiger partial charge in [-0.1, -0.05) is 12.1 Å². The largest absolute Gasteiger partial charge is 0.504 e. The van der Waals surface area contributed by atoms with Crippen LogP contribution in [0.2, 0.25) is 0 Å². The summed E-state index contributed by atoms with van der Waals surface area (Å²) in [5.41, 5.74) is 2.15. The molecule has 0 bridgehead atoms. The first-order valence-corrected chi connectivity index (χ1v) is 9.75. The zero-order chi connectivity index (χ0) is 19.5. The van der Waals surface area contributed by atoms with Gasteiger partial charge in [-0.25, -0.2) is 13.8 Å². The molecule has 1 N–H and O–H groups in total. The van der Waals surface area contributed by atoms with Gasteiger partial charge in [0.05, 0.1) is 16.8 Å². The maximum absolute atomic E-state index is 13.3. The zero-order valence-corrected chi connectivity index (χ0v) is 15.5. The number of fused-ring (bicyclic) bond motifs is 2. The second kappa shape index (κ2) is 6.13. The van der Waals surface area contributed by atoms with Gasteiger partial charge in [-0.05, 0) is 24.3 Å². The third kappa shape index (κ3) is 2.88. The number of ether oxygens (including phenoxy) is 1. The van der Waals surface area contributed by atoms with Gasteiger partial charge in [0, 0.05) is 24.1 Å². The number of phenols is 1. The van der Waals surface area contributed by atoms with Crippen molar-refractivity contribution in [2.24, 2.45) is 5.92 Å². The van der Waals surface area contributed by atoms with E-state index in [-0.39, 0.29) is 25.4 Å². The number of phenolic OH excluding ortho intramolecular Hbond substituents is 1. The average Bonchev–Trinajstić information content (AvgIpc) is 3.18. The molecule has 1 saturated carbocycles. The number of rotatable bonds is 2. The minimum Gasteiger partial charge on any atom is -0.504 e. The monoisotopic (exact) mass is 402 g/mol. The molecular formula is C20H16F2N2O3S. The molecule has 1 amide bonds. The third-order valence-electron chi connectivity index (χ3n) is 5.09. The highest BCUT2D eigenvalue weighted by Gasteiger charge is 2.62. The van der Waals surface area contributed by atoms with E-state index in [4.69, 9.17) is 4.74 Å². The molecule has 0 saturated heterocycles. The predicted octanol–water partition coefficient (Wildman–Crippen LogP) is 4.05. The van der Waals surface area contributed by atoms with Crippen LogP contribution in [0.15, 0.2) is 36.4 Å². The number of aromatic hydroxyl groups is 1. The molecule has 1 aliphatic heterocycles. The molecule has 1 fully saturated rings. The van der Waals surface area contributed by atoms with Crippen LogP contribution in [-0.2, 0) is 11.3 Å². The summed E-state index contributed by atoms with van der Waals surface area (Å²) in [6.45, 7) is 0.466. The van der Waals surface area contributed by atoms with Gasteiger partial charge in [-0.15, -0.1) is 11.3 Å². The van der Waals surface area contributed by atoms with E-state index >= 15 is 0 Å². The molecule has 0 radical (unpaired) electrons. The summed E-state index contributed by atoms with van der Waals surface area (Å²) < 4.78 is 33.3. The number of carbonyl (C=O) groups excluding carboxylic acids is 1. The topological polar surface area (TPSA) is 62.7 Å². The van der Waals surface area contributed by atoms with Gasteiger partial charge in [0.1, 0.15) is 17.5 Å². The fourth-order valence-corrected chi connectivity index (χ4v) is 4.46. The highest BCUT2D eigenvalue weighted by molar-refractivity contribution is 7.21. The summed E-state index contributed by atoms with van der Waals surface area (Å²) in [5.74, 6) is -4.46. The van der Waals surface area contributed by atoms with E-state index < -0.39 is 24.2 Å². The molecule has 0 spiro atoms. The number of benzene rings is 2. The van der Waals surface area contributed by atoms with Crippen LogP contribution in [0.4, 0.5) is 8.78 Å². The summed E-state index contributed by atoms with van der Waals surface area (Å²) in [7, 11) is 0. The third-order valence-corrected chi connectivity index (χ3v) is 6.18. The molecule has 5 nitrogen and oxygen atoms in total. The van der Waals surface area contributed by atoms with E-state index in [1.807, 2.05) is 30.3 Å². The zero-order valence-electron chi connectivity index (χ0n) is 14.7. The number of nitrogens with zero attached hydrogens (tertiary/aromatic N) is 2. The smallest absolute Gasteiger partial charge is 0.260 e. The molecule has 144 valence electrons. The quantitative estimate of drug-likeness (QED) is 0.703. The lowest BCUT2D eigenvalue weighted by molar-refractivity contribution is -0.135. The summed E-state index contributed by atoms with van der Waals surface area (Å²) in [5, 5.41) is 11.2. The Morgan fingerprint density at radius 2 is 2.11 bits per heavy atom. The first-order valence-electron chi connectivity index (χ1n) is 8.93. The Morgan fingerprint density at radius 1 is 1.32 bits per heavy atom. The lowest BCUT2D eigenvalue weighted by Gasteiger charge is -2.20. The number of hydrogen-bond acceptors (Lipinski definition) is 5. The van der Waals surface area contributed by atoms with Crippen LogP contribution in [0.25, 0.3) is 20.8 Å². The van der Waals surface area contributed by atoms with Gasteiger partial charge in [-0.2, -0.15) is 0 Å². The van der Waals surface area contributed by atoms with Gasteiger partial charge in [0.2, 0.25) is 5.91 Å². The van der Waals surface area contributed by atoms with Crippen LogP contribution in [0.1, 0.15) is 12.0 Å². The van der Waals surface area contributed by atoms with E-state index in [1.165, 1.54) is 16.2 Å². The number of hydrogen-bond donors (Lipinski definition) is 1. The van der Waals surface area contributed by atoms with E-state index in [0.29, 0.717) is 16.9 Å². The van der Waals surface area contributed by atoms with Gasteiger partial charge >= 0.3 is 0 Å². The van der Waals surface area contributed by atoms with Crippen LogP contribution in [-0.4, -0.2) is 40.0 Å². The first-order chi connectivity index (χ1) is 13.4. The van der Waals surface area contributed by atoms with Gasteiger partial charge in [0.25, 0.3) is 5.92 Å². The number of carbonyl (C=O) groups is 1. The maximum atomic E-state index is 13.3. The lowest BCUT2D eigenvalue weighted by atomic mass is 10.1. The van der Waals surface area contributed by atoms with E-state index in [2.05, 4.69) is 4.98 Å². The Balaban J connectivity index is 1.50. The molecule has 2 aliphatic rings. The number of para-hydroxylation sites is 1. The Hall–Kier alpha value is -2.74. The molecule has 1 unspecified atom stereocenters. The van der Waals surface area contributed by atoms with Crippen molar-refractivity contribution in [2.75, 3.05) is 13.2 Å². The summed E-state index contributed by atoms with van der Waals surface area (Å²) in [6, 6.07) is 11.1. The highest BCUT2D eigenvalue weighted by Crippen LogP contribution is 2.50. The molecular weight excluding hydrogens is 386 g/mol. The average molecular weight is 402 g/mol. The van der Waals surface area contributed by atoms with E-state index in [1.54, 1.807) is 6.07 Å². The van der Waals surface area contributed by atoms with Crippen LogP contribution in [0.5, 0.6) is 11.5 Å². The predicted molar refractivity (Wildman–Crippen MR) is 101 cm³/mol. The maximum Gasteiger partial charge on any atom is 0.260 e. The molecule has 2 heterocycles. The molecule has 1 aliphatic carbocycles. The number of halogens is 2. The van der Waals surface area contributed by atoms with Gasteiger partial charge < -0.3 is 14.7 Å². The Labute approximate surface area is 163 Å². The molecule has 3 aromatic rings. The summed E-state index contributed by atoms with van der Waals surface area (Å²) in [4.78, 5) is 18.4. The van der Waals surface area contributed by atoms with Crippen LogP contribution in [0.3, 0.4) is 0 Å². The SMILES string of the molecule is O=C(C1CC1(F)F)N1CCOc2c(O)cc(-c3nc4ccccc4s3)cc2C1. The van der Waals surface area contributed by atoms with Crippen LogP contribution < -0.4 is 4.74 Å². The number of amides is 1. The van der Waals surface area contributed by atoms with Crippen LogP contribution >= 0.6 is 11.3 Å². The Kier molecular flexibility index (Phi) is 3.80. The van der Waals surface area contributed by atoms with Crippen molar-refractivity contribution in [3.63, 3.8) is 0 Å². The highest BCUT2D eigenvalue weighted by atomic mass is 32.1.